The maximum atomic E-state index is 11.0. The molecule has 0 heterocycles. The number of nitrogens with zero attached hydrogens (tertiary/aromatic N) is 1. The minimum Gasteiger partial charge on any atom is -0.236 e. The number of hydrogen-bond donors (Lipinski definition) is 0. The van der Waals surface area contributed by atoms with Gasteiger partial charge in [-0.3, -0.25) is 0 Å². The van der Waals surface area contributed by atoms with Crippen LogP contribution in [-0.2, 0) is 9.84 Å². The van der Waals surface area contributed by atoms with Gasteiger partial charge in [-0.25, -0.2) is 13.4 Å². The molecule has 0 saturated heterocycles. The summed E-state index contributed by atoms with van der Waals surface area (Å²) in [6.45, 7) is 3.54. The predicted octanol–water partition coefficient (Wildman–Crippen LogP) is 1.38. The molecular formula is C9H13NO2S. The van der Waals surface area contributed by atoms with E-state index in [1.165, 1.54) is 12.3 Å². The molecule has 0 fully saturated rings. The van der Waals surface area contributed by atoms with Crippen LogP contribution in [0.3, 0.4) is 0 Å². The molecule has 0 aromatic rings. The minimum atomic E-state index is -3.21. The standard InChI is InChI=1S/C9H13NO2S/c1-4-6-7-8-10-9(5-2)13(3,11)12/h5,8H,4H2,1-3H3/b9-5+,10-8?. The van der Waals surface area contributed by atoms with Gasteiger partial charge in [-0.1, -0.05) is 24.8 Å². The summed E-state index contributed by atoms with van der Waals surface area (Å²) in [5.41, 5.74) is 0. The smallest absolute Gasteiger partial charge is 0.192 e. The van der Waals surface area contributed by atoms with Gasteiger partial charge in [-0.2, -0.15) is 0 Å². The van der Waals surface area contributed by atoms with Gasteiger partial charge in [0.05, 0.1) is 6.21 Å². The summed E-state index contributed by atoms with van der Waals surface area (Å²) in [5.74, 6) is 5.38. The molecule has 0 aliphatic carbocycles. The molecule has 4 heteroatoms. The van der Waals surface area contributed by atoms with Gasteiger partial charge in [-0.05, 0) is 6.92 Å². The third kappa shape index (κ3) is 5.21. The second-order valence-electron chi connectivity index (χ2n) is 2.33. The lowest BCUT2D eigenvalue weighted by Crippen LogP contribution is -1.98. The van der Waals surface area contributed by atoms with Crippen LogP contribution in [0.15, 0.2) is 16.1 Å². The van der Waals surface area contributed by atoms with Crippen molar-refractivity contribution < 1.29 is 8.42 Å². The molecule has 0 unspecified atom stereocenters. The number of aliphatic imine (C=N–C) groups is 1. The Kier molecular flexibility index (Phi) is 5.09. The third-order valence-corrected chi connectivity index (χ3v) is 2.26. The van der Waals surface area contributed by atoms with Gasteiger partial charge in [0.1, 0.15) is 0 Å². The lowest BCUT2D eigenvalue weighted by molar-refractivity contribution is 0.607. The van der Waals surface area contributed by atoms with E-state index in [1.807, 2.05) is 6.92 Å². The Hall–Kier alpha value is -1.08. The SMILES string of the molecule is C/C=C(\N=CC#CCC)S(C)(=O)=O. The van der Waals surface area contributed by atoms with Crippen LogP contribution in [0.25, 0.3) is 0 Å². The van der Waals surface area contributed by atoms with E-state index in [9.17, 15) is 8.42 Å². The van der Waals surface area contributed by atoms with Crippen LogP contribution >= 0.6 is 0 Å². The topological polar surface area (TPSA) is 46.5 Å². The van der Waals surface area contributed by atoms with E-state index in [0.717, 1.165) is 12.7 Å². The number of hydrogen-bond acceptors (Lipinski definition) is 3. The minimum absolute atomic E-state index is 0.0536. The Labute approximate surface area is 79.5 Å². The fourth-order valence-electron chi connectivity index (χ4n) is 0.628. The van der Waals surface area contributed by atoms with Crippen molar-refractivity contribution in [2.75, 3.05) is 6.26 Å². The highest BCUT2D eigenvalue weighted by Crippen LogP contribution is 2.03. The summed E-state index contributed by atoms with van der Waals surface area (Å²) < 4.78 is 22.0. The van der Waals surface area contributed by atoms with Crippen molar-refractivity contribution in [2.45, 2.75) is 20.3 Å². The average molecular weight is 199 g/mol. The third-order valence-electron chi connectivity index (χ3n) is 1.16. The zero-order chi connectivity index (χ0) is 10.3. The quantitative estimate of drug-likeness (QED) is 0.498. The van der Waals surface area contributed by atoms with Crippen LogP contribution in [0.4, 0.5) is 0 Å². The zero-order valence-corrected chi connectivity index (χ0v) is 8.85. The maximum absolute atomic E-state index is 11.0. The first-order valence-electron chi connectivity index (χ1n) is 3.89. The average Bonchev–Trinajstić information content (AvgIpc) is 2.02. The van der Waals surface area contributed by atoms with Crippen molar-refractivity contribution in [3.63, 3.8) is 0 Å². The summed E-state index contributed by atoms with van der Waals surface area (Å²) in [5, 5.41) is 0.0536. The molecule has 0 bridgehead atoms. The first-order chi connectivity index (χ1) is 6.02. The van der Waals surface area contributed by atoms with E-state index in [0.29, 0.717) is 0 Å². The molecule has 0 saturated carbocycles. The molecule has 0 rings (SSSR count). The van der Waals surface area contributed by atoms with Gasteiger partial charge in [0.25, 0.3) is 0 Å². The van der Waals surface area contributed by atoms with Gasteiger partial charge in [-0.15, -0.1) is 0 Å². The van der Waals surface area contributed by atoms with Crippen molar-refractivity contribution in [3.05, 3.63) is 11.1 Å². The fourth-order valence-corrected chi connectivity index (χ4v) is 1.30. The molecule has 0 spiro atoms. The highest BCUT2D eigenvalue weighted by atomic mass is 32.2. The summed E-state index contributed by atoms with van der Waals surface area (Å²) in [7, 11) is -3.21. The van der Waals surface area contributed by atoms with Crippen LogP contribution in [-0.4, -0.2) is 20.9 Å². The van der Waals surface area contributed by atoms with Crippen LogP contribution in [0.1, 0.15) is 20.3 Å². The summed E-state index contributed by atoms with van der Waals surface area (Å²) in [6, 6.07) is 0. The molecule has 0 aliphatic heterocycles. The Morgan fingerprint density at radius 1 is 1.54 bits per heavy atom. The zero-order valence-electron chi connectivity index (χ0n) is 8.03. The largest absolute Gasteiger partial charge is 0.236 e. The molecule has 0 atom stereocenters. The highest BCUT2D eigenvalue weighted by molar-refractivity contribution is 7.94. The van der Waals surface area contributed by atoms with Crippen LogP contribution in [0, 0.1) is 11.8 Å². The van der Waals surface area contributed by atoms with E-state index < -0.39 is 9.84 Å². The molecule has 3 nitrogen and oxygen atoms in total. The van der Waals surface area contributed by atoms with Gasteiger partial charge in [0.15, 0.2) is 14.9 Å². The van der Waals surface area contributed by atoms with E-state index >= 15 is 0 Å². The molecule has 13 heavy (non-hydrogen) atoms. The highest BCUT2D eigenvalue weighted by Gasteiger charge is 2.06. The molecule has 0 aromatic heterocycles. The van der Waals surface area contributed by atoms with Crippen LogP contribution < -0.4 is 0 Å². The second kappa shape index (κ2) is 5.55. The van der Waals surface area contributed by atoms with E-state index in [-0.39, 0.29) is 5.03 Å². The molecular weight excluding hydrogens is 186 g/mol. The van der Waals surface area contributed by atoms with Crippen molar-refractivity contribution >= 4 is 16.1 Å². The van der Waals surface area contributed by atoms with E-state index in [1.54, 1.807) is 6.92 Å². The van der Waals surface area contributed by atoms with Crippen molar-refractivity contribution in [1.82, 2.24) is 0 Å². The van der Waals surface area contributed by atoms with Crippen LogP contribution in [0.5, 0.6) is 0 Å². The van der Waals surface area contributed by atoms with Crippen molar-refractivity contribution in [3.8, 4) is 11.8 Å². The van der Waals surface area contributed by atoms with Crippen molar-refractivity contribution in [2.24, 2.45) is 4.99 Å². The summed E-state index contributed by atoms with van der Waals surface area (Å²) in [4.78, 5) is 3.73. The lowest BCUT2D eigenvalue weighted by atomic mass is 10.5. The number of rotatable bonds is 2. The van der Waals surface area contributed by atoms with Crippen molar-refractivity contribution in [1.29, 1.82) is 0 Å². The maximum Gasteiger partial charge on any atom is 0.192 e. The molecule has 0 aromatic carbocycles. The molecule has 0 radical (unpaired) electrons. The molecule has 0 amide bonds. The first-order valence-corrected chi connectivity index (χ1v) is 5.78. The number of sulfone groups is 1. The molecule has 0 aliphatic rings. The Balaban J connectivity index is 4.61. The number of allylic oxidation sites excluding steroid dienone is 1. The Morgan fingerprint density at radius 3 is 2.54 bits per heavy atom. The molecule has 0 N–H and O–H groups in total. The summed E-state index contributed by atoms with van der Waals surface area (Å²) in [6.07, 6.45) is 4.60. The second-order valence-corrected chi connectivity index (χ2v) is 4.29. The van der Waals surface area contributed by atoms with Gasteiger partial charge in [0, 0.05) is 12.7 Å². The lowest BCUT2D eigenvalue weighted by Gasteiger charge is -1.93. The van der Waals surface area contributed by atoms with E-state index in [2.05, 4.69) is 16.8 Å². The molecule has 72 valence electrons. The van der Waals surface area contributed by atoms with Gasteiger partial charge in [0.2, 0.25) is 0 Å². The van der Waals surface area contributed by atoms with E-state index in [4.69, 9.17) is 0 Å². The Morgan fingerprint density at radius 2 is 2.15 bits per heavy atom. The van der Waals surface area contributed by atoms with Gasteiger partial charge >= 0.3 is 0 Å². The Bertz CT molecular complexity index is 366. The van der Waals surface area contributed by atoms with Gasteiger partial charge < -0.3 is 0 Å². The predicted molar refractivity (Wildman–Crippen MR) is 55.2 cm³/mol. The van der Waals surface area contributed by atoms with Crippen LogP contribution in [0.2, 0.25) is 0 Å². The fraction of sp³-hybridized carbons (Fsp3) is 0.444. The normalized spacial score (nSPS) is 12.7. The summed E-state index contributed by atoms with van der Waals surface area (Å²) >= 11 is 0. The monoisotopic (exact) mass is 199 g/mol. The first kappa shape index (κ1) is 11.9.